The zero-order chi connectivity index (χ0) is 27.3. The Kier molecular flexibility index (Phi) is 6.25. The van der Waals surface area contributed by atoms with Gasteiger partial charge in [-0.05, 0) is 55.5 Å². The topological polar surface area (TPSA) is 66.5 Å². The van der Waals surface area contributed by atoms with Gasteiger partial charge in [0, 0.05) is 22.5 Å². The predicted octanol–water partition coefficient (Wildman–Crippen LogP) is 6.37. The molecule has 6 rings (SSSR count). The second-order valence-electron chi connectivity index (χ2n) is 11.1. The summed E-state index contributed by atoms with van der Waals surface area (Å²) in [5.74, 6) is -1.39. The van der Waals surface area contributed by atoms with Crippen LogP contribution in [0.1, 0.15) is 67.1 Å². The van der Waals surface area contributed by atoms with E-state index in [-0.39, 0.29) is 17.5 Å². The highest BCUT2D eigenvalue weighted by atomic mass is 16.2. The second kappa shape index (κ2) is 9.64. The number of hydrogen-bond donors (Lipinski definition) is 1. The van der Waals surface area contributed by atoms with Gasteiger partial charge in [0.2, 0.25) is 5.91 Å². The molecule has 0 radical (unpaired) electrons. The predicted molar refractivity (Wildman–Crippen MR) is 155 cm³/mol. The lowest BCUT2D eigenvalue weighted by molar-refractivity contribution is -0.122. The first-order valence-corrected chi connectivity index (χ1v) is 14.0. The van der Waals surface area contributed by atoms with Crippen LogP contribution in [0.2, 0.25) is 0 Å². The van der Waals surface area contributed by atoms with Crippen molar-refractivity contribution >= 4 is 34.4 Å². The molecule has 0 saturated carbocycles. The summed E-state index contributed by atoms with van der Waals surface area (Å²) in [5, 5.41) is 3.08. The van der Waals surface area contributed by atoms with Gasteiger partial charge in [-0.25, -0.2) is 0 Å². The molecule has 3 aromatic carbocycles. The number of ketones is 2. The van der Waals surface area contributed by atoms with Crippen LogP contribution >= 0.6 is 0 Å². The van der Waals surface area contributed by atoms with Crippen molar-refractivity contribution in [1.82, 2.24) is 0 Å². The largest absolute Gasteiger partial charge is 0.352 e. The highest BCUT2D eigenvalue weighted by Gasteiger charge is 2.70. The summed E-state index contributed by atoms with van der Waals surface area (Å²) in [5.41, 5.74) is 4.93. The molecule has 5 nitrogen and oxygen atoms in total. The normalized spacial score (nSPS) is 24.6. The van der Waals surface area contributed by atoms with Gasteiger partial charge in [0.15, 0.2) is 11.6 Å². The Bertz CT molecular complexity index is 1500. The van der Waals surface area contributed by atoms with E-state index in [0.717, 1.165) is 41.6 Å². The molecular weight excluding hydrogens is 484 g/mol. The number of anilines is 2. The van der Waals surface area contributed by atoms with Crippen molar-refractivity contribution in [2.75, 3.05) is 10.2 Å². The lowest BCUT2D eigenvalue weighted by Gasteiger charge is -2.39. The third-order valence-corrected chi connectivity index (χ3v) is 8.89. The number of fused-ring (bicyclic) bond motifs is 6. The fourth-order valence-corrected chi connectivity index (χ4v) is 7.13. The van der Waals surface area contributed by atoms with Crippen molar-refractivity contribution in [2.24, 2.45) is 5.92 Å². The number of carbonyl (C=O) groups excluding carboxylic acids is 3. The van der Waals surface area contributed by atoms with Gasteiger partial charge in [-0.1, -0.05) is 86.5 Å². The third-order valence-electron chi connectivity index (χ3n) is 8.89. The van der Waals surface area contributed by atoms with Crippen LogP contribution in [0, 0.1) is 5.92 Å². The van der Waals surface area contributed by atoms with Crippen LogP contribution in [0.15, 0.2) is 78.9 Å². The molecule has 3 heterocycles. The number of rotatable bonds is 7. The van der Waals surface area contributed by atoms with E-state index >= 15 is 0 Å². The Hall–Kier alpha value is -3.99. The van der Waals surface area contributed by atoms with E-state index in [4.69, 9.17) is 0 Å². The molecule has 1 spiro atoms. The molecule has 1 fully saturated rings. The number of Topliss-reactive ketones (excluding diaryl/α,β-unsaturated/α-hetero) is 2. The van der Waals surface area contributed by atoms with Gasteiger partial charge < -0.3 is 10.2 Å². The molecule has 0 bridgehead atoms. The summed E-state index contributed by atoms with van der Waals surface area (Å²) < 4.78 is 0. The highest BCUT2D eigenvalue weighted by molar-refractivity contribution is 6.16. The standard InChI is InChI=1S/C34H34N2O3/c1-4-5-6-11-23-16-18-24(19-17-23)32(38)30-31(22(3)37)36-28-15-10-7-12-25(28)21(2)20-29(36)34(30)26-13-8-9-14-27(26)35-33(34)39/h7-10,12-20,29-31H,4-6,11H2,1-3H3,(H,35,39)/t29-,30+,31+,34+/m1/s1. The number of nitrogens with zero attached hydrogens (tertiary/aromatic N) is 1. The van der Waals surface area contributed by atoms with Crippen molar-refractivity contribution in [3.63, 3.8) is 0 Å². The van der Waals surface area contributed by atoms with Gasteiger partial charge in [0.1, 0.15) is 5.41 Å². The Morgan fingerprint density at radius 2 is 1.67 bits per heavy atom. The smallest absolute Gasteiger partial charge is 0.238 e. The second-order valence-corrected chi connectivity index (χ2v) is 11.1. The molecule has 39 heavy (non-hydrogen) atoms. The molecule has 3 aliphatic heterocycles. The molecule has 1 N–H and O–H groups in total. The average Bonchev–Trinajstić information content (AvgIpc) is 3.42. The molecule has 3 aliphatic rings. The van der Waals surface area contributed by atoms with Crippen LogP contribution in [0.5, 0.6) is 0 Å². The van der Waals surface area contributed by atoms with Gasteiger partial charge >= 0.3 is 0 Å². The number of nitrogens with one attached hydrogen (secondary N) is 1. The molecule has 1 amide bonds. The summed E-state index contributed by atoms with van der Waals surface area (Å²) in [7, 11) is 0. The van der Waals surface area contributed by atoms with Crippen molar-refractivity contribution in [3.8, 4) is 0 Å². The van der Waals surface area contributed by atoms with Gasteiger partial charge in [-0.3, -0.25) is 14.4 Å². The van der Waals surface area contributed by atoms with Crippen LogP contribution in [0.4, 0.5) is 11.4 Å². The Morgan fingerprint density at radius 1 is 0.949 bits per heavy atom. The Balaban J connectivity index is 1.54. The monoisotopic (exact) mass is 518 g/mol. The van der Waals surface area contributed by atoms with E-state index in [1.807, 2.05) is 84.6 Å². The SMILES string of the molecule is CCCCCc1ccc(C(=O)[C@@H]2[C@H](C(C)=O)N3c4ccccc4C(C)=C[C@@H]3[C@]23C(=O)Nc2ccccc23)cc1. The van der Waals surface area contributed by atoms with E-state index in [0.29, 0.717) is 11.3 Å². The third kappa shape index (κ3) is 3.70. The van der Waals surface area contributed by atoms with Gasteiger partial charge in [-0.2, -0.15) is 0 Å². The van der Waals surface area contributed by atoms with Crippen LogP contribution < -0.4 is 10.2 Å². The van der Waals surface area contributed by atoms with Gasteiger partial charge in [0.05, 0.1) is 18.0 Å². The number of aryl methyl sites for hydroxylation is 1. The number of para-hydroxylation sites is 2. The van der Waals surface area contributed by atoms with Crippen molar-refractivity contribution in [3.05, 3.63) is 101 Å². The number of benzene rings is 3. The van der Waals surface area contributed by atoms with E-state index in [1.165, 1.54) is 12.0 Å². The molecule has 0 aliphatic carbocycles. The Labute approximate surface area is 229 Å². The first kappa shape index (κ1) is 25.3. The highest BCUT2D eigenvalue weighted by Crippen LogP contribution is 2.58. The zero-order valence-electron chi connectivity index (χ0n) is 22.7. The molecule has 4 atom stereocenters. The first-order valence-electron chi connectivity index (χ1n) is 14.0. The molecule has 5 heteroatoms. The fourth-order valence-electron chi connectivity index (χ4n) is 7.13. The molecule has 0 aromatic heterocycles. The first-order chi connectivity index (χ1) is 18.9. The maximum Gasteiger partial charge on any atom is 0.238 e. The molecular formula is C34H34N2O3. The van der Waals surface area contributed by atoms with E-state index in [9.17, 15) is 14.4 Å². The number of carbonyl (C=O) groups is 3. The number of hydrogen-bond acceptors (Lipinski definition) is 4. The number of amides is 1. The number of unbranched alkanes of at least 4 members (excludes halogenated alkanes) is 2. The Morgan fingerprint density at radius 3 is 2.41 bits per heavy atom. The van der Waals surface area contributed by atoms with Crippen LogP contribution in [-0.4, -0.2) is 29.6 Å². The van der Waals surface area contributed by atoms with Crippen LogP contribution in [0.3, 0.4) is 0 Å². The summed E-state index contributed by atoms with van der Waals surface area (Å²) in [4.78, 5) is 44.4. The minimum absolute atomic E-state index is 0.119. The average molecular weight is 519 g/mol. The number of allylic oxidation sites excluding steroid dienone is 1. The fraction of sp³-hybridized carbons (Fsp3) is 0.324. The van der Waals surface area contributed by atoms with Crippen molar-refractivity contribution < 1.29 is 14.4 Å². The van der Waals surface area contributed by atoms with Gasteiger partial charge in [0.25, 0.3) is 0 Å². The molecule has 198 valence electrons. The summed E-state index contributed by atoms with van der Waals surface area (Å²) in [6, 6.07) is 22.1. The van der Waals surface area contributed by atoms with Gasteiger partial charge in [-0.15, -0.1) is 0 Å². The molecule has 3 aromatic rings. The lowest BCUT2D eigenvalue weighted by Crippen LogP contribution is -2.51. The quantitative estimate of drug-likeness (QED) is 0.291. The maximum atomic E-state index is 14.6. The van der Waals surface area contributed by atoms with Crippen LogP contribution in [0.25, 0.3) is 5.57 Å². The summed E-state index contributed by atoms with van der Waals surface area (Å²) in [6.07, 6.45) is 6.50. The van der Waals surface area contributed by atoms with Crippen molar-refractivity contribution in [1.29, 1.82) is 0 Å². The van der Waals surface area contributed by atoms with E-state index < -0.39 is 23.4 Å². The summed E-state index contributed by atoms with van der Waals surface area (Å²) >= 11 is 0. The van der Waals surface area contributed by atoms with Crippen LogP contribution in [-0.2, 0) is 21.4 Å². The van der Waals surface area contributed by atoms with Crippen molar-refractivity contribution in [2.45, 2.75) is 64.0 Å². The summed E-state index contributed by atoms with van der Waals surface area (Å²) in [6.45, 7) is 5.77. The minimum Gasteiger partial charge on any atom is -0.352 e. The zero-order valence-corrected chi connectivity index (χ0v) is 22.7. The molecule has 1 saturated heterocycles. The maximum absolute atomic E-state index is 14.6. The lowest BCUT2D eigenvalue weighted by atomic mass is 9.64. The van der Waals surface area contributed by atoms with E-state index in [1.54, 1.807) is 6.92 Å². The molecule has 0 unspecified atom stereocenters. The minimum atomic E-state index is -1.24. The van der Waals surface area contributed by atoms with E-state index in [2.05, 4.69) is 18.3 Å².